The normalized spacial score (nSPS) is 27.1. The Hall–Kier alpha value is -2.87. The van der Waals surface area contributed by atoms with Crippen LogP contribution in [-0.2, 0) is 0 Å². The first-order valence-corrected chi connectivity index (χ1v) is 11.0. The van der Waals surface area contributed by atoms with Crippen molar-refractivity contribution in [3.8, 4) is 11.8 Å². The van der Waals surface area contributed by atoms with Gasteiger partial charge in [-0.2, -0.15) is 5.26 Å². The van der Waals surface area contributed by atoms with E-state index in [0.717, 1.165) is 53.5 Å². The molecular formula is C26H31N3O2. The molecule has 2 heterocycles. The smallest absolute Gasteiger partial charge is 0.166 e. The maximum Gasteiger partial charge on any atom is 0.166 e. The van der Waals surface area contributed by atoms with Gasteiger partial charge in [0.1, 0.15) is 17.6 Å². The minimum atomic E-state index is 0.0432. The number of carbonyl (C=O) groups excluding carboxylic acids is 1. The van der Waals surface area contributed by atoms with Gasteiger partial charge in [-0.3, -0.25) is 4.79 Å². The van der Waals surface area contributed by atoms with Crippen LogP contribution in [0.25, 0.3) is 0 Å². The van der Waals surface area contributed by atoms with Crippen LogP contribution in [0, 0.1) is 55.3 Å². The average molecular weight is 418 g/mol. The summed E-state index contributed by atoms with van der Waals surface area (Å²) < 4.78 is 5.30. The van der Waals surface area contributed by atoms with Crippen molar-refractivity contribution < 1.29 is 9.53 Å². The van der Waals surface area contributed by atoms with Crippen molar-refractivity contribution in [1.29, 1.82) is 5.26 Å². The number of fused-ring (bicyclic) bond motifs is 1. The van der Waals surface area contributed by atoms with Crippen LogP contribution in [-0.4, -0.2) is 31.0 Å². The number of aryl methyl sites for hydroxylation is 3. The summed E-state index contributed by atoms with van der Waals surface area (Å²) in [6.45, 7) is 12.2. The highest BCUT2D eigenvalue weighted by Crippen LogP contribution is 2.55. The second kappa shape index (κ2) is 7.67. The second-order valence-corrected chi connectivity index (χ2v) is 9.73. The molecule has 1 aromatic heterocycles. The van der Waals surface area contributed by atoms with E-state index in [2.05, 4.69) is 24.8 Å². The molecule has 1 aliphatic carbocycles. The molecule has 0 N–H and O–H groups in total. The minimum Gasteiger partial charge on any atom is -0.497 e. The van der Waals surface area contributed by atoms with Crippen LogP contribution in [0.1, 0.15) is 53.0 Å². The number of nitriles is 1. The predicted octanol–water partition coefficient (Wildman–Crippen LogP) is 4.87. The molecule has 4 rings (SSSR count). The van der Waals surface area contributed by atoms with Crippen molar-refractivity contribution in [3.63, 3.8) is 0 Å². The molecule has 5 heteroatoms. The van der Waals surface area contributed by atoms with E-state index in [9.17, 15) is 10.1 Å². The van der Waals surface area contributed by atoms with Crippen LogP contribution < -0.4 is 9.64 Å². The number of carbonyl (C=O) groups is 1. The molecule has 0 bridgehead atoms. The highest BCUT2D eigenvalue weighted by molar-refractivity contribution is 5.99. The molecule has 4 unspecified atom stereocenters. The molecule has 0 spiro atoms. The topological polar surface area (TPSA) is 66.2 Å². The lowest BCUT2D eigenvalue weighted by molar-refractivity contribution is 0.0885. The summed E-state index contributed by atoms with van der Waals surface area (Å²) >= 11 is 0. The van der Waals surface area contributed by atoms with Gasteiger partial charge >= 0.3 is 0 Å². The van der Waals surface area contributed by atoms with E-state index < -0.39 is 0 Å². The van der Waals surface area contributed by atoms with Crippen LogP contribution in [0.4, 0.5) is 5.82 Å². The summed E-state index contributed by atoms with van der Waals surface area (Å²) in [5.74, 6) is 2.79. The first-order valence-electron chi connectivity index (χ1n) is 11.0. The molecule has 4 atom stereocenters. The Morgan fingerprint density at radius 3 is 2.58 bits per heavy atom. The fraction of sp³-hybridized carbons (Fsp3) is 0.500. The number of anilines is 1. The van der Waals surface area contributed by atoms with E-state index in [1.165, 1.54) is 0 Å². The van der Waals surface area contributed by atoms with Gasteiger partial charge in [0.2, 0.25) is 0 Å². The second-order valence-electron chi connectivity index (χ2n) is 9.73. The summed E-state index contributed by atoms with van der Waals surface area (Å²) in [5.41, 5.74) is 4.31. The van der Waals surface area contributed by atoms with Gasteiger partial charge in [0.05, 0.1) is 18.4 Å². The Morgan fingerprint density at radius 1 is 1.26 bits per heavy atom. The van der Waals surface area contributed by atoms with Crippen LogP contribution in [0.3, 0.4) is 0 Å². The third-order valence-corrected chi connectivity index (χ3v) is 7.68. The number of benzene rings is 1. The van der Waals surface area contributed by atoms with E-state index in [0.29, 0.717) is 17.4 Å². The maximum absolute atomic E-state index is 13.5. The van der Waals surface area contributed by atoms with Crippen LogP contribution >= 0.6 is 0 Å². The number of Topliss-reactive ketones (excluding diaryl/α,β-unsaturated/α-hetero) is 1. The summed E-state index contributed by atoms with van der Waals surface area (Å²) in [6.07, 6.45) is 0.897. The molecule has 1 saturated heterocycles. The number of hydrogen-bond donors (Lipinski definition) is 0. The van der Waals surface area contributed by atoms with Gasteiger partial charge in [-0.25, -0.2) is 4.98 Å². The number of hydrogen-bond acceptors (Lipinski definition) is 5. The Morgan fingerprint density at radius 2 is 2.00 bits per heavy atom. The number of nitrogens with zero attached hydrogens (tertiary/aromatic N) is 3. The molecule has 5 nitrogen and oxygen atoms in total. The predicted molar refractivity (Wildman–Crippen MR) is 122 cm³/mol. The monoisotopic (exact) mass is 417 g/mol. The largest absolute Gasteiger partial charge is 0.497 e. The van der Waals surface area contributed by atoms with Gasteiger partial charge in [-0.05, 0) is 79.8 Å². The van der Waals surface area contributed by atoms with Crippen LogP contribution in [0.5, 0.6) is 5.75 Å². The molecule has 162 valence electrons. The van der Waals surface area contributed by atoms with Gasteiger partial charge < -0.3 is 9.64 Å². The Balaban J connectivity index is 1.56. The van der Waals surface area contributed by atoms with Gasteiger partial charge in [0, 0.05) is 24.6 Å². The number of rotatable bonds is 4. The lowest BCUT2D eigenvalue weighted by Crippen LogP contribution is -2.29. The lowest BCUT2D eigenvalue weighted by Gasteiger charge is -2.25. The zero-order valence-electron chi connectivity index (χ0n) is 19.3. The number of aromatic nitrogens is 1. The van der Waals surface area contributed by atoms with E-state index in [1.807, 2.05) is 45.0 Å². The fourth-order valence-electron chi connectivity index (χ4n) is 5.95. The standard InChI is InChI=1S/C26H31N3O2/c1-15-9-19(31-6)7-8-20(15)25(30)21-11-26(5)14-29(13-23(26)17(21)3)24-10-16(2)22(12-27)18(4)28-24/h7-10,17,21,23H,11,13-14H2,1-6H3. The Labute approximate surface area is 185 Å². The number of pyridine rings is 1. The van der Waals surface area contributed by atoms with E-state index in [-0.39, 0.29) is 17.1 Å². The molecule has 2 fully saturated rings. The summed E-state index contributed by atoms with van der Waals surface area (Å²) in [6, 6.07) is 10.0. The van der Waals surface area contributed by atoms with Crippen LogP contribution in [0.2, 0.25) is 0 Å². The molecule has 2 aliphatic rings. The molecule has 0 amide bonds. The lowest BCUT2D eigenvalue weighted by atomic mass is 9.80. The van der Waals surface area contributed by atoms with Gasteiger partial charge in [0.25, 0.3) is 0 Å². The SMILES string of the molecule is COc1ccc(C(=O)C2CC3(C)CN(c4cc(C)c(C#N)c(C)n4)CC3C2C)c(C)c1. The highest BCUT2D eigenvalue weighted by Gasteiger charge is 2.55. The van der Waals surface area contributed by atoms with Crippen molar-refractivity contribution in [2.75, 3.05) is 25.1 Å². The Kier molecular flexibility index (Phi) is 5.29. The zero-order chi connectivity index (χ0) is 22.5. The van der Waals surface area contributed by atoms with E-state index in [1.54, 1.807) is 7.11 Å². The molecular weight excluding hydrogens is 386 g/mol. The maximum atomic E-state index is 13.5. The van der Waals surface area contributed by atoms with Crippen molar-refractivity contribution in [2.45, 2.75) is 41.0 Å². The van der Waals surface area contributed by atoms with Crippen LogP contribution in [0.15, 0.2) is 24.3 Å². The first-order chi connectivity index (χ1) is 14.7. The molecule has 1 aromatic carbocycles. The van der Waals surface area contributed by atoms with Gasteiger partial charge in [-0.1, -0.05) is 13.8 Å². The molecule has 1 aliphatic heterocycles. The van der Waals surface area contributed by atoms with Crippen molar-refractivity contribution >= 4 is 11.6 Å². The first kappa shape index (κ1) is 21.4. The number of methoxy groups -OCH3 is 1. The Bertz CT molecular complexity index is 1060. The van der Waals surface area contributed by atoms with Gasteiger partial charge in [0.15, 0.2) is 5.78 Å². The molecule has 2 aromatic rings. The third kappa shape index (κ3) is 3.48. The number of ether oxygens (including phenoxy) is 1. The zero-order valence-corrected chi connectivity index (χ0v) is 19.3. The highest BCUT2D eigenvalue weighted by atomic mass is 16.5. The van der Waals surface area contributed by atoms with E-state index in [4.69, 9.17) is 9.72 Å². The fourth-order valence-corrected chi connectivity index (χ4v) is 5.95. The average Bonchev–Trinajstić information content (AvgIpc) is 3.19. The van der Waals surface area contributed by atoms with Crippen molar-refractivity contribution in [3.05, 3.63) is 52.2 Å². The van der Waals surface area contributed by atoms with E-state index >= 15 is 0 Å². The molecule has 31 heavy (non-hydrogen) atoms. The van der Waals surface area contributed by atoms with Gasteiger partial charge in [-0.15, -0.1) is 0 Å². The van der Waals surface area contributed by atoms with Crippen molar-refractivity contribution in [2.24, 2.45) is 23.2 Å². The summed E-state index contributed by atoms with van der Waals surface area (Å²) in [5, 5.41) is 9.34. The summed E-state index contributed by atoms with van der Waals surface area (Å²) in [4.78, 5) is 20.5. The summed E-state index contributed by atoms with van der Waals surface area (Å²) in [7, 11) is 1.65. The third-order valence-electron chi connectivity index (χ3n) is 7.68. The quantitative estimate of drug-likeness (QED) is 0.664. The van der Waals surface area contributed by atoms with Crippen molar-refractivity contribution in [1.82, 2.24) is 4.98 Å². The number of ketones is 1. The molecule has 0 radical (unpaired) electrons. The molecule has 1 saturated carbocycles. The minimum absolute atomic E-state index is 0.0432.